The number of carbonyl (C=O) groups is 4. The predicted octanol–water partition coefficient (Wildman–Crippen LogP) is 4.56. The zero-order valence-corrected chi connectivity index (χ0v) is 33.9. The molecule has 0 radical (unpaired) electrons. The highest BCUT2D eigenvalue weighted by atomic mass is 16.8. The minimum Gasteiger partial charge on any atom is -0.480 e. The summed E-state index contributed by atoms with van der Waals surface area (Å²) in [5.74, 6) is -2.03. The van der Waals surface area contributed by atoms with Crippen LogP contribution in [0.25, 0.3) is 11.2 Å². The first-order chi connectivity index (χ1) is 25.3. The van der Waals surface area contributed by atoms with Gasteiger partial charge < -0.3 is 49.1 Å². The molecular formula is C36H58N8O11. The molecular weight excluding hydrogens is 720 g/mol. The van der Waals surface area contributed by atoms with Crippen LogP contribution in [0.2, 0.25) is 0 Å². The first kappa shape index (κ1) is 43.4. The number of fused-ring (bicyclic) bond motifs is 2. The average molecular weight is 779 g/mol. The summed E-state index contributed by atoms with van der Waals surface area (Å²) in [6.07, 6.45) is -1.28. The molecule has 2 fully saturated rings. The average Bonchev–Trinajstić information content (AvgIpc) is 3.66. The van der Waals surface area contributed by atoms with E-state index in [2.05, 4.69) is 30.9 Å². The molecule has 3 amide bonds. The lowest BCUT2D eigenvalue weighted by atomic mass is 10.1. The maximum Gasteiger partial charge on any atom is 0.413 e. The fourth-order valence-electron chi connectivity index (χ4n) is 6.08. The number of imidazole rings is 1. The standard InChI is InChI=1S/C36H58N8O11/c1-20(40-30(47)53-33(2,3)4)13-15-43(16-14-21(29(45)46)41-31(48)54-34(5,6)7)17-22-24-25(52-36(11,12)51-24)28(50-22)44-19-39-23-26(37-18-38-27(23)44)42-32(49)55-35(8,9)10/h18-22,24-25,28H,13-17H2,1-12H3,(H,40,47)(H,41,48)(H,45,46)(H,37,38,42,49)/t20?,21?,22-,24-,25-,28-/m1/s1. The number of ether oxygens (including phenoxy) is 6. The topological polar surface area (TPSA) is 227 Å². The highest BCUT2D eigenvalue weighted by molar-refractivity contribution is 5.93. The molecule has 6 atom stereocenters. The second kappa shape index (κ2) is 16.8. The molecule has 0 aliphatic carbocycles. The van der Waals surface area contributed by atoms with Crippen LogP contribution in [0.15, 0.2) is 12.7 Å². The quantitative estimate of drug-likeness (QED) is 0.204. The Labute approximate surface area is 321 Å². The summed E-state index contributed by atoms with van der Waals surface area (Å²) >= 11 is 0. The summed E-state index contributed by atoms with van der Waals surface area (Å²) < 4.78 is 37.2. The third kappa shape index (κ3) is 12.9. The molecule has 4 heterocycles. The number of amides is 3. The molecule has 55 heavy (non-hydrogen) atoms. The smallest absolute Gasteiger partial charge is 0.413 e. The van der Waals surface area contributed by atoms with E-state index in [9.17, 15) is 24.3 Å². The fourth-order valence-corrected chi connectivity index (χ4v) is 6.08. The van der Waals surface area contributed by atoms with Crippen molar-refractivity contribution in [1.82, 2.24) is 35.1 Å². The van der Waals surface area contributed by atoms with Gasteiger partial charge in [0, 0.05) is 25.7 Å². The van der Waals surface area contributed by atoms with Crippen LogP contribution in [-0.2, 0) is 33.2 Å². The predicted molar refractivity (Wildman–Crippen MR) is 198 cm³/mol. The van der Waals surface area contributed by atoms with Gasteiger partial charge in [-0.3, -0.25) is 9.88 Å². The third-order valence-corrected chi connectivity index (χ3v) is 8.18. The zero-order chi connectivity index (χ0) is 41.1. The van der Waals surface area contributed by atoms with Crippen molar-refractivity contribution >= 4 is 41.2 Å². The van der Waals surface area contributed by atoms with Crippen LogP contribution < -0.4 is 16.0 Å². The van der Waals surface area contributed by atoms with Gasteiger partial charge in [-0.1, -0.05) is 0 Å². The van der Waals surface area contributed by atoms with Crippen LogP contribution in [0.1, 0.15) is 102 Å². The highest BCUT2D eigenvalue weighted by Gasteiger charge is 2.56. The van der Waals surface area contributed by atoms with Crippen LogP contribution in [0, 0.1) is 0 Å². The number of anilines is 1. The number of aliphatic carboxylic acids is 1. The summed E-state index contributed by atoms with van der Waals surface area (Å²) in [6, 6.07) is -1.55. The second-order valence-electron chi connectivity index (χ2n) is 17.3. The third-order valence-electron chi connectivity index (χ3n) is 8.18. The van der Waals surface area contributed by atoms with Crippen molar-refractivity contribution in [2.24, 2.45) is 0 Å². The van der Waals surface area contributed by atoms with Crippen LogP contribution in [0.4, 0.5) is 20.2 Å². The number of carbonyl (C=O) groups excluding carboxylic acids is 3. The number of carboxylic acids is 1. The number of hydrogen-bond donors (Lipinski definition) is 4. The highest BCUT2D eigenvalue weighted by Crippen LogP contribution is 2.44. The first-order valence-electron chi connectivity index (χ1n) is 18.4. The summed E-state index contributed by atoms with van der Waals surface area (Å²) in [5, 5.41) is 17.9. The molecule has 0 spiro atoms. The van der Waals surface area contributed by atoms with Gasteiger partial charge in [-0.2, -0.15) is 0 Å². The maximum atomic E-state index is 12.6. The van der Waals surface area contributed by atoms with Crippen molar-refractivity contribution in [1.29, 1.82) is 0 Å². The molecule has 2 aliphatic heterocycles. The molecule has 2 unspecified atom stereocenters. The van der Waals surface area contributed by atoms with Crippen LogP contribution in [-0.4, -0.2) is 126 Å². The van der Waals surface area contributed by atoms with E-state index in [0.29, 0.717) is 24.1 Å². The van der Waals surface area contributed by atoms with Gasteiger partial charge in [0.25, 0.3) is 0 Å². The van der Waals surface area contributed by atoms with Crippen molar-refractivity contribution in [3.05, 3.63) is 12.7 Å². The van der Waals surface area contributed by atoms with Gasteiger partial charge in [-0.15, -0.1) is 0 Å². The van der Waals surface area contributed by atoms with Gasteiger partial charge in [-0.25, -0.2) is 34.1 Å². The number of alkyl carbamates (subject to hydrolysis) is 2. The number of nitrogens with one attached hydrogen (secondary N) is 3. The van der Waals surface area contributed by atoms with Gasteiger partial charge >= 0.3 is 24.2 Å². The van der Waals surface area contributed by atoms with E-state index in [1.807, 2.05) is 11.8 Å². The Morgan fingerprint density at radius 2 is 1.42 bits per heavy atom. The van der Waals surface area contributed by atoms with Crippen molar-refractivity contribution < 1.29 is 52.7 Å². The van der Waals surface area contributed by atoms with Crippen molar-refractivity contribution in [3.63, 3.8) is 0 Å². The molecule has 2 aromatic rings. The summed E-state index contributed by atoms with van der Waals surface area (Å²) in [7, 11) is 0. The molecule has 19 heteroatoms. The Balaban J connectivity index is 1.57. The van der Waals surface area contributed by atoms with E-state index < -0.39 is 77.4 Å². The van der Waals surface area contributed by atoms with Crippen molar-refractivity contribution in [2.75, 3.05) is 25.0 Å². The molecule has 0 aromatic carbocycles. The number of rotatable bonds is 13. The summed E-state index contributed by atoms with van der Waals surface area (Å²) in [6.45, 7) is 22.0. The molecule has 4 rings (SSSR count). The molecule has 308 valence electrons. The summed E-state index contributed by atoms with van der Waals surface area (Å²) in [5.41, 5.74) is -1.54. The Kier molecular flexibility index (Phi) is 13.3. The second-order valence-corrected chi connectivity index (χ2v) is 17.3. The van der Waals surface area contributed by atoms with Crippen molar-refractivity contribution in [2.45, 2.75) is 155 Å². The Morgan fingerprint density at radius 3 is 2.02 bits per heavy atom. The maximum absolute atomic E-state index is 12.6. The SMILES string of the molecule is CC(CCN(CCC(NC(=O)OC(C)(C)C)C(=O)O)C[C@H]1O[C@@H](n2cnc3c(NC(=O)OC(C)(C)C)ncnc32)[C@@H]2OC(C)(C)O[C@@H]21)NC(=O)OC(C)(C)C. The number of aromatic nitrogens is 4. The first-order valence-corrected chi connectivity index (χ1v) is 18.4. The van der Waals surface area contributed by atoms with Crippen LogP contribution >= 0.6 is 0 Å². The molecule has 19 nitrogen and oxygen atoms in total. The Hall–Kier alpha value is -4.33. The van der Waals surface area contributed by atoms with Gasteiger partial charge in [0.05, 0.1) is 6.33 Å². The molecule has 2 aromatic heterocycles. The lowest BCUT2D eigenvalue weighted by Gasteiger charge is -2.31. The Morgan fingerprint density at radius 1 is 0.855 bits per heavy atom. The van der Waals surface area contributed by atoms with Gasteiger partial charge in [-0.05, 0) is 95.9 Å². The summed E-state index contributed by atoms with van der Waals surface area (Å²) in [4.78, 5) is 64.9. The van der Waals surface area contributed by atoms with Gasteiger partial charge in [0.1, 0.15) is 47.5 Å². The lowest BCUT2D eigenvalue weighted by Crippen LogP contribution is -2.47. The number of hydrogen-bond acceptors (Lipinski definition) is 14. The molecule has 0 bridgehead atoms. The number of nitrogens with zero attached hydrogens (tertiary/aromatic N) is 5. The normalized spacial score (nSPS) is 22.1. The minimum absolute atomic E-state index is 0.0338. The van der Waals surface area contributed by atoms with Gasteiger partial charge in [0.15, 0.2) is 29.0 Å². The largest absolute Gasteiger partial charge is 0.480 e. The monoisotopic (exact) mass is 778 g/mol. The van der Waals surface area contributed by atoms with E-state index in [-0.39, 0.29) is 31.4 Å². The Bertz CT molecular complexity index is 1680. The van der Waals surface area contributed by atoms with Gasteiger partial charge in [0.2, 0.25) is 0 Å². The minimum atomic E-state index is -1.25. The molecule has 4 N–H and O–H groups in total. The van der Waals surface area contributed by atoms with Crippen molar-refractivity contribution in [3.8, 4) is 0 Å². The molecule has 2 saturated heterocycles. The van der Waals surface area contributed by atoms with Crippen LogP contribution in [0.3, 0.4) is 0 Å². The van der Waals surface area contributed by atoms with Crippen LogP contribution in [0.5, 0.6) is 0 Å². The van der Waals surface area contributed by atoms with E-state index >= 15 is 0 Å². The van der Waals surface area contributed by atoms with E-state index in [1.54, 1.807) is 80.7 Å². The van der Waals surface area contributed by atoms with E-state index in [1.165, 1.54) is 12.7 Å². The molecule has 0 saturated carbocycles. The fraction of sp³-hybridized carbons (Fsp3) is 0.750. The van der Waals surface area contributed by atoms with E-state index in [4.69, 9.17) is 28.4 Å². The zero-order valence-electron chi connectivity index (χ0n) is 33.9. The molecule has 2 aliphatic rings. The lowest BCUT2D eigenvalue weighted by molar-refractivity contribution is -0.198. The van der Waals surface area contributed by atoms with E-state index in [0.717, 1.165) is 0 Å². The number of carboxylic acid groups (broad SMARTS) is 1.